The van der Waals surface area contributed by atoms with Crippen LogP contribution in [-0.2, 0) is 35.1 Å². The number of carbonyl (C=O) groups excluding carboxylic acids is 4. The minimum absolute atomic E-state index is 0.0317. The molecule has 1 saturated heterocycles. The van der Waals surface area contributed by atoms with Crippen molar-refractivity contribution >= 4 is 35.3 Å². The number of carboxylic acid groups (broad SMARTS) is 1. The molecule has 0 saturated carbocycles. The van der Waals surface area contributed by atoms with E-state index in [2.05, 4.69) is 10.6 Å². The number of carboxylic acids is 1. The van der Waals surface area contributed by atoms with Gasteiger partial charge in [-0.1, -0.05) is 74.8 Å². The second-order valence-electron chi connectivity index (χ2n) is 16.9. The third kappa shape index (κ3) is 11.1. The highest BCUT2D eigenvalue weighted by Crippen LogP contribution is 2.42. The lowest BCUT2D eigenvalue weighted by Crippen LogP contribution is -2.61. The minimum Gasteiger partial charge on any atom is -0.479 e. The Morgan fingerprint density at radius 1 is 0.808 bits per heavy atom. The molecule has 0 bridgehead atoms. The smallest absolute Gasteiger partial charge is 0.335 e. The Kier molecular flexibility index (Phi) is 13.8. The Morgan fingerprint density at radius 3 is 1.94 bits per heavy atom. The van der Waals surface area contributed by atoms with Gasteiger partial charge in [-0.25, -0.2) is 4.79 Å². The Labute approximate surface area is 305 Å². The first-order chi connectivity index (χ1) is 23.9. The van der Waals surface area contributed by atoms with Gasteiger partial charge in [0.05, 0.1) is 5.69 Å². The number of nitrogens with one attached hydrogen (secondary N) is 2. The van der Waals surface area contributed by atoms with Gasteiger partial charge in [-0.15, -0.1) is 0 Å². The molecule has 0 aromatic heterocycles. The molecule has 0 aliphatic carbocycles. The maximum Gasteiger partial charge on any atom is 0.335 e. The number of unbranched alkanes of at least 4 members (excludes halogenated alkanes) is 2. The normalized spacial score (nSPS) is 22.8. The summed E-state index contributed by atoms with van der Waals surface area (Å²) in [6.07, 6.45) is -6.59. The van der Waals surface area contributed by atoms with E-state index in [9.17, 15) is 44.4 Å². The molecule has 2 aliphatic heterocycles. The van der Waals surface area contributed by atoms with E-state index in [-0.39, 0.29) is 60.5 Å². The van der Waals surface area contributed by atoms with Crippen LogP contribution in [0.25, 0.3) is 0 Å². The fourth-order valence-electron chi connectivity index (χ4n) is 6.29. The summed E-state index contributed by atoms with van der Waals surface area (Å²) in [6.45, 7) is 18.0. The predicted molar refractivity (Wildman–Crippen MR) is 192 cm³/mol. The molecule has 0 radical (unpaired) electrons. The lowest BCUT2D eigenvalue weighted by atomic mass is 9.76. The lowest BCUT2D eigenvalue weighted by Gasteiger charge is -2.38. The Bertz CT molecular complexity index is 1500. The van der Waals surface area contributed by atoms with Crippen molar-refractivity contribution in [3.05, 3.63) is 34.9 Å². The number of aliphatic carboxylic acids is 1. The maximum absolute atomic E-state index is 13.2. The molecular formula is C38H57N3O11. The molecule has 290 valence electrons. The SMILES string of the molecule is CC(C)(C)Cc1ccc(O[C@@H]2O[C@H](C(=O)O)[C@@H](O)[C@H](O)[C@H]2O)c(NC(=O)CCNC(=O)CCCCCN2C(=O)C(C(C)(C)C)=C(C(C)(C)C)C2=O)c1. The highest BCUT2D eigenvalue weighted by atomic mass is 16.7. The van der Waals surface area contributed by atoms with Gasteiger partial charge in [0.1, 0.15) is 24.1 Å². The highest BCUT2D eigenvalue weighted by Gasteiger charge is 2.49. The zero-order valence-electron chi connectivity index (χ0n) is 31.9. The van der Waals surface area contributed by atoms with Crippen LogP contribution in [-0.4, -0.2) is 98.7 Å². The average molecular weight is 732 g/mol. The van der Waals surface area contributed by atoms with Gasteiger partial charge < -0.3 is 40.5 Å². The number of nitrogens with zero attached hydrogens (tertiary/aromatic N) is 1. The van der Waals surface area contributed by atoms with Crippen LogP contribution in [0.3, 0.4) is 0 Å². The summed E-state index contributed by atoms with van der Waals surface area (Å²) in [7, 11) is 0. The number of anilines is 1. The zero-order chi connectivity index (χ0) is 39.3. The molecule has 0 spiro atoms. The van der Waals surface area contributed by atoms with Crippen molar-refractivity contribution < 1.29 is 53.9 Å². The van der Waals surface area contributed by atoms with Gasteiger partial charge >= 0.3 is 5.97 Å². The number of hydrogen-bond donors (Lipinski definition) is 6. The molecular weight excluding hydrogens is 674 g/mol. The number of benzene rings is 1. The Hall–Kier alpha value is -3.85. The predicted octanol–water partition coefficient (Wildman–Crippen LogP) is 3.31. The van der Waals surface area contributed by atoms with E-state index in [1.807, 2.05) is 62.3 Å². The van der Waals surface area contributed by atoms with Crippen LogP contribution in [0, 0.1) is 16.2 Å². The second kappa shape index (κ2) is 16.9. The van der Waals surface area contributed by atoms with Crippen molar-refractivity contribution in [3.63, 3.8) is 0 Å². The molecule has 0 unspecified atom stereocenters. The summed E-state index contributed by atoms with van der Waals surface area (Å²) in [5.41, 5.74) is 1.13. The van der Waals surface area contributed by atoms with Gasteiger partial charge in [-0.3, -0.25) is 24.1 Å². The van der Waals surface area contributed by atoms with Gasteiger partial charge in [0.25, 0.3) is 11.8 Å². The second-order valence-corrected chi connectivity index (χ2v) is 16.9. The van der Waals surface area contributed by atoms with E-state index in [0.29, 0.717) is 36.8 Å². The molecule has 2 heterocycles. The number of carbonyl (C=O) groups is 5. The zero-order valence-corrected chi connectivity index (χ0v) is 31.9. The summed E-state index contributed by atoms with van der Waals surface area (Å²) >= 11 is 0. The Balaban J connectivity index is 1.52. The van der Waals surface area contributed by atoms with Crippen LogP contribution in [0.1, 0.15) is 100.0 Å². The van der Waals surface area contributed by atoms with Crippen molar-refractivity contribution in [2.24, 2.45) is 16.2 Å². The van der Waals surface area contributed by atoms with Gasteiger partial charge in [0.15, 0.2) is 6.10 Å². The molecule has 4 amide bonds. The van der Waals surface area contributed by atoms with Crippen LogP contribution < -0.4 is 15.4 Å². The van der Waals surface area contributed by atoms with Crippen LogP contribution in [0.2, 0.25) is 0 Å². The first-order valence-corrected chi connectivity index (χ1v) is 17.8. The maximum atomic E-state index is 13.2. The molecule has 1 aromatic rings. The summed E-state index contributed by atoms with van der Waals surface area (Å²) in [5, 5.41) is 45.5. The summed E-state index contributed by atoms with van der Waals surface area (Å²) in [5.74, 6) is -2.72. The fourth-order valence-corrected chi connectivity index (χ4v) is 6.29. The first kappa shape index (κ1) is 42.6. The Morgan fingerprint density at radius 2 is 1.40 bits per heavy atom. The topological polar surface area (TPSA) is 212 Å². The first-order valence-electron chi connectivity index (χ1n) is 17.8. The standard InChI is InChI=1S/C38H57N3O11/c1-36(2,3)20-21-14-15-23(51-35-30(46)28(44)29(45)31(52-35)34(49)50)22(19-21)40-25(43)16-17-39-24(42)13-11-10-12-18-41-32(47)26(37(4,5)6)27(33(41)48)38(7,8)9/h14-15,19,28-31,35,44-46H,10-13,16-18,20H2,1-9H3,(H,39,42)(H,40,43)(H,49,50)/t28-,29-,30+,31-,35+/m0/s1. The molecule has 6 N–H and O–H groups in total. The van der Waals surface area contributed by atoms with E-state index in [0.717, 1.165) is 5.56 Å². The number of amides is 4. The average Bonchev–Trinajstić information content (AvgIpc) is 3.27. The van der Waals surface area contributed by atoms with Crippen molar-refractivity contribution in [2.75, 3.05) is 18.4 Å². The monoisotopic (exact) mass is 731 g/mol. The van der Waals surface area contributed by atoms with Crippen molar-refractivity contribution in [3.8, 4) is 5.75 Å². The van der Waals surface area contributed by atoms with Crippen LogP contribution >= 0.6 is 0 Å². The van der Waals surface area contributed by atoms with Gasteiger partial charge in [-0.05, 0) is 53.2 Å². The third-order valence-electron chi connectivity index (χ3n) is 8.74. The van der Waals surface area contributed by atoms with E-state index >= 15 is 0 Å². The number of aliphatic hydroxyl groups is 3. The van der Waals surface area contributed by atoms with E-state index in [1.54, 1.807) is 12.1 Å². The summed E-state index contributed by atoms with van der Waals surface area (Å²) in [6, 6.07) is 4.95. The summed E-state index contributed by atoms with van der Waals surface area (Å²) in [4.78, 5) is 64.8. The van der Waals surface area contributed by atoms with E-state index < -0.39 is 53.4 Å². The lowest BCUT2D eigenvalue weighted by molar-refractivity contribution is -0.271. The number of rotatable bonds is 14. The molecule has 5 atom stereocenters. The third-order valence-corrected chi connectivity index (χ3v) is 8.74. The van der Waals surface area contributed by atoms with E-state index in [4.69, 9.17) is 9.47 Å². The number of ether oxygens (including phenoxy) is 2. The van der Waals surface area contributed by atoms with Crippen LogP contribution in [0.4, 0.5) is 5.69 Å². The molecule has 14 nitrogen and oxygen atoms in total. The van der Waals surface area contributed by atoms with Crippen LogP contribution in [0.5, 0.6) is 5.75 Å². The number of hydrogen-bond acceptors (Lipinski definition) is 10. The van der Waals surface area contributed by atoms with Crippen LogP contribution in [0.15, 0.2) is 29.3 Å². The fraction of sp³-hybridized carbons (Fsp3) is 0.658. The largest absolute Gasteiger partial charge is 0.479 e. The van der Waals surface area contributed by atoms with Gasteiger partial charge in [-0.2, -0.15) is 0 Å². The number of imide groups is 1. The summed E-state index contributed by atoms with van der Waals surface area (Å²) < 4.78 is 11.0. The molecule has 2 aliphatic rings. The quantitative estimate of drug-likeness (QED) is 0.121. The molecule has 14 heteroatoms. The van der Waals surface area contributed by atoms with E-state index in [1.165, 1.54) is 11.0 Å². The molecule has 52 heavy (non-hydrogen) atoms. The number of aliphatic hydroxyl groups excluding tert-OH is 3. The van der Waals surface area contributed by atoms with Crippen molar-refractivity contribution in [1.29, 1.82) is 0 Å². The van der Waals surface area contributed by atoms with Crippen molar-refractivity contribution in [2.45, 2.75) is 132 Å². The minimum atomic E-state index is -1.89. The van der Waals surface area contributed by atoms with Gasteiger partial charge in [0.2, 0.25) is 18.1 Å². The molecule has 1 fully saturated rings. The molecule has 3 rings (SSSR count). The van der Waals surface area contributed by atoms with Crippen molar-refractivity contribution in [1.82, 2.24) is 10.2 Å². The van der Waals surface area contributed by atoms with Gasteiger partial charge in [0, 0.05) is 37.1 Å². The highest BCUT2D eigenvalue weighted by molar-refractivity contribution is 6.20. The molecule has 1 aromatic carbocycles.